The molecular weight excluding hydrogens is 252 g/mol. The van der Waals surface area contributed by atoms with Crippen LogP contribution in [0.5, 0.6) is 0 Å². The van der Waals surface area contributed by atoms with Gasteiger partial charge in [0.2, 0.25) is 0 Å². The number of nitrogens with zero attached hydrogens (tertiary/aromatic N) is 1. The third-order valence-electron chi connectivity index (χ3n) is 2.57. The van der Waals surface area contributed by atoms with Crippen molar-refractivity contribution in [2.75, 3.05) is 12.8 Å². The highest BCUT2D eigenvalue weighted by Crippen LogP contribution is 2.23. The highest BCUT2D eigenvalue weighted by Gasteiger charge is 2.14. The highest BCUT2D eigenvalue weighted by molar-refractivity contribution is 7.98. The molecule has 1 aromatic carbocycles. The van der Waals surface area contributed by atoms with Crippen molar-refractivity contribution in [1.82, 2.24) is 5.32 Å². The van der Waals surface area contributed by atoms with E-state index in [0.717, 1.165) is 0 Å². The fourth-order valence-electron chi connectivity index (χ4n) is 1.50. The number of rotatable bonds is 7. The van der Waals surface area contributed by atoms with E-state index in [1.807, 2.05) is 0 Å². The Morgan fingerprint density at radius 1 is 1.50 bits per heavy atom. The second-order valence-corrected chi connectivity index (χ2v) is 4.88. The van der Waals surface area contributed by atoms with E-state index < -0.39 is 0 Å². The number of thioether (sulfide) groups is 1. The Labute approximate surface area is 110 Å². The van der Waals surface area contributed by atoms with Crippen LogP contribution >= 0.6 is 11.8 Å². The van der Waals surface area contributed by atoms with Crippen molar-refractivity contribution in [1.29, 1.82) is 0 Å². The third-order valence-corrected chi connectivity index (χ3v) is 3.65. The van der Waals surface area contributed by atoms with Crippen LogP contribution in [0.2, 0.25) is 0 Å². The minimum absolute atomic E-state index is 0.0764. The van der Waals surface area contributed by atoms with Crippen LogP contribution in [0.15, 0.2) is 24.3 Å². The number of carbonyl (C=O) groups excluding carboxylic acids is 1. The molecule has 0 bridgehead atoms. The Kier molecular flexibility index (Phi) is 5.80. The van der Waals surface area contributed by atoms with Crippen LogP contribution in [-0.4, -0.2) is 29.5 Å². The fourth-order valence-corrected chi connectivity index (χ4v) is 2.72. The Hall–Kier alpha value is -1.40. The van der Waals surface area contributed by atoms with E-state index in [9.17, 15) is 14.9 Å². The first-order chi connectivity index (χ1) is 8.56. The standard InChI is InChI=1S/C12H16N2O3S/c1-9(15)11(13-2)8-18-7-10-5-3-4-6-12(10)14(16)17/h3-6,11,13H,7-8H2,1-2H3/t11-/m0/s1. The maximum atomic E-state index is 11.2. The van der Waals surface area contributed by atoms with E-state index >= 15 is 0 Å². The maximum Gasteiger partial charge on any atom is 0.273 e. The molecule has 5 nitrogen and oxygen atoms in total. The summed E-state index contributed by atoms with van der Waals surface area (Å²) in [6.07, 6.45) is 0. The summed E-state index contributed by atoms with van der Waals surface area (Å²) in [5.74, 6) is 1.22. The van der Waals surface area contributed by atoms with Crippen molar-refractivity contribution in [3.05, 3.63) is 39.9 Å². The monoisotopic (exact) mass is 268 g/mol. The van der Waals surface area contributed by atoms with Crippen LogP contribution in [0.3, 0.4) is 0 Å². The van der Waals surface area contributed by atoms with Gasteiger partial charge < -0.3 is 5.32 Å². The molecule has 0 heterocycles. The van der Waals surface area contributed by atoms with Gasteiger partial charge in [0.25, 0.3) is 5.69 Å². The zero-order chi connectivity index (χ0) is 13.5. The molecule has 1 aromatic rings. The van der Waals surface area contributed by atoms with Gasteiger partial charge in [0.1, 0.15) is 5.78 Å². The summed E-state index contributed by atoms with van der Waals surface area (Å²) < 4.78 is 0. The molecule has 6 heteroatoms. The van der Waals surface area contributed by atoms with Gasteiger partial charge in [0, 0.05) is 23.1 Å². The second-order valence-electron chi connectivity index (χ2n) is 3.85. The summed E-state index contributed by atoms with van der Waals surface area (Å²) in [6.45, 7) is 1.53. The lowest BCUT2D eigenvalue weighted by Gasteiger charge is -2.11. The molecule has 0 amide bonds. The molecular formula is C12H16N2O3S. The molecule has 0 radical (unpaired) electrons. The molecule has 0 saturated heterocycles. The molecule has 18 heavy (non-hydrogen) atoms. The summed E-state index contributed by atoms with van der Waals surface area (Å²) in [6, 6.07) is 6.48. The van der Waals surface area contributed by atoms with Crippen molar-refractivity contribution < 1.29 is 9.72 Å². The molecule has 0 fully saturated rings. The summed E-state index contributed by atoms with van der Waals surface area (Å²) in [4.78, 5) is 21.6. The van der Waals surface area contributed by atoms with Gasteiger partial charge in [-0.3, -0.25) is 14.9 Å². The van der Waals surface area contributed by atoms with Gasteiger partial charge in [-0.05, 0) is 14.0 Å². The average molecular weight is 268 g/mol. The molecule has 1 atom stereocenters. The zero-order valence-corrected chi connectivity index (χ0v) is 11.2. The molecule has 98 valence electrons. The van der Waals surface area contributed by atoms with Crippen LogP contribution in [-0.2, 0) is 10.5 Å². The van der Waals surface area contributed by atoms with Crippen molar-refractivity contribution in [3.63, 3.8) is 0 Å². The van der Waals surface area contributed by atoms with E-state index in [0.29, 0.717) is 17.1 Å². The normalized spacial score (nSPS) is 12.1. The first-order valence-electron chi connectivity index (χ1n) is 5.54. The molecule has 0 unspecified atom stereocenters. The lowest BCUT2D eigenvalue weighted by atomic mass is 10.2. The summed E-state index contributed by atoms with van der Waals surface area (Å²) in [5, 5.41) is 13.7. The van der Waals surface area contributed by atoms with E-state index in [2.05, 4.69) is 5.32 Å². The number of hydrogen-bond donors (Lipinski definition) is 1. The van der Waals surface area contributed by atoms with Gasteiger partial charge in [-0.2, -0.15) is 11.8 Å². The topological polar surface area (TPSA) is 72.2 Å². The van der Waals surface area contributed by atoms with Crippen LogP contribution in [0.4, 0.5) is 5.69 Å². The third kappa shape index (κ3) is 4.12. The molecule has 0 aromatic heterocycles. The molecule has 0 spiro atoms. The lowest BCUT2D eigenvalue weighted by Crippen LogP contribution is -2.34. The summed E-state index contributed by atoms with van der Waals surface area (Å²) in [5.41, 5.74) is 0.819. The van der Waals surface area contributed by atoms with Gasteiger partial charge in [0.15, 0.2) is 0 Å². The Morgan fingerprint density at radius 2 is 2.17 bits per heavy atom. The fraction of sp³-hybridized carbons (Fsp3) is 0.417. The molecule has 1 rings (SSSR count). The molecule has 0 aliphatic carbocycles. The van der Waals surface area contributed by atoms with Gasteiger partial charge in [-0.1, -0.05) is 18.2 Å². The van der Waals surface area contributed by atoms with E-state index in [4.69, 9.17) is 0 Å². The number of para-hydroxylation sites is 1. The summed E-state index contributed by atoms with van der Waals surface area (Å²) in [7, 11) is 1.73. The minimum Gasteiger partial charge on any atom is -0.310 e. The van der Waals surface area contributed by atoms with Crippen molar-refractivity contribution >= 4 is 23.2 Å². The van der Waals surface area contributed by atoms with Gasteiger partial charge in [-0.15, -0.1) is 0 Å². The molecule has 0 aliphatic heterocycles. The van der Waals surface area contributed by atoms with E-state index in [1.165, 1.54) is 24.8 Å². The number of Topliss-reactive ketones (excluding diaryl/α,β-unsaturated/α-hetero) is 1. The minimum atomic E-state index is -0.379. The lowest BCUT2D eigenvalue weighted by molar-refractivity contribution is -0.385. The number of carbonyl (C=O) groups is 1. The molecule has 1 N–H and O–H groups in total. The van der Waals surface area contributed by atoms with Gasteiger partial charge in [0.05, 0.1) is 11.0 Å². The number of benzene rings is 1. The molecule has 0 saturated carbocycles. The SMILES string of the molecule is CN[C@@H](CSCc1ccccc1[N+](=O)[O-])C(C)=O. The van der Waals surface area contributed by atoms with Crippen LogP contribution < -0.4 is 5.32 Å². The molecule has 0 aliphatic rings. The Morgan fingerprint density at radius 3 is 2.72 bits per heavy atom. The average Bonchev–Trinajstić information content (AvgIpc) is 2.34. The largest absolute Gasteiger partial charge is 0.310 e. The Balaban J connectivity index is 2.59. The van der Waals surface area contributed by atoms with Crippen molar-refractivity contribution in [2.45, 2.75) is 18.7 Å². The predicted octanol–water partition coefficient (Wildman–Crippen LogP) is 2.00. The number of nitrogens with one attached hydrogen (secondary N) is 1. The number of ketones is 1. The van der Waals surface area contributed by atoms with Crippen molar-refractivity contribution in [3.8, 4) is 0 Å². The summed E-state index contributed by atoms with van der Waals surface area (Å²) >= 11 is 1.51. The van der Waals surface area contributed by atoms with Gasteiger partial charge >= 0.3 is 0 Å². The second kappa shape index (κ2) is 7.13. The quantitative estimate of drug-likeness (QED) is 0.605. The van der Waals surface area contributed by atoms with E-state index in [-0.39, 0.29) is 22.4 Å². The van der Waals surface area contributed by atoms with E-state index in [1.54, 1.807) is 25.2 Å². The predicted molar refractivity (Wildman–Crippen MR) is 72.8 cm³/mol. The van der Waals surface area contributed by atoms with Crippen LogP contribution in [0, 0.1) is 10.1 Å². The number of nitro groups is 1. The zero-order valence-electron chi connectivity index (χ0n) is 10.4. The Bertz CT molecular complexity index is 437. The number of nitro benzene ring substituents is 1. The van der Waals surface area contributed by atoms with Crippen LogP contribution in [0.1, 0.15) is 12.5 Å². The number of hydrogen-bond acceptors (Lipinski definition) is 5. The first kappa shape index (κ1) is 14.7. The van der Waals surface area contributed by atoms with Crippen LogP contribution in [0.25, 0.3) is 0 Å². The number of likely N-dealkylation sites (N-methyl/N-ethyl adjacent to an activating group) is 1. The maximum absolute atomic E-state index is 11.2. The van der Waals surface area contributed by atoms with Crippen molar-refractivity contribution in [2.24, 2.45) is 0 Å². The first-order valence-corrected chi connectivity index (χ1v) is 6.69. The van der Waals surface area contributed by atoms with Gasteiger partial charge in [-0.25, -0.2) is 0 Å². The highest BCUT2D eigenvalue weighted by atomic mass is 32.2. The smallest absolute Gasteiger partial charge is 0.273 e.